The molecule has 0 unspecified atom stereocenters. The fourth-order valence-corrected chi connectivity index (χ4v) is 1.60. The maximum Gasteiger partial charge on any atom is 0.252 e. The molecule has 0 saturated heterocycles. The molecule has 0 bridgehead atoms. The number of rotatable bonds is 1. The van der Waals surface area contributed by atoms with Crippen molar-refractivity contribution in [2.75, 3.05) is 0 Å². The first kappa shape index (κ1) is 9.70. The van der Waals surface area contributed by atoms with E-state index in [1.165, 1.54) is 0 Å². The first-order valence-electron chi connectivity index (χ1n) is 4.32. The van der Waals surface area contributed by atoms with Gasteiger partial charge in [-0.3, -0.25) is 4.79 Å². The summed E-state index contributed by atoms with van der Waals surface area (Å²) >= 11 is 5.38. The van der Waals surface area contributed by atoms with Crippen LogP contribution in [0.5, 0.6) is 0 Å². The molecule has 0 heterocycles. The lowest BCUT2D eigenvalue weighted by molar-refractivity contribution is 0.108. The fourth-order valence-electron chi connectivity index (χ4n) is 1.49. The van der Waals surface area contributed by atoms with Gasteiger partial charge < -0.3 is 0 Å². The van der Waals surface area contributed by atoms with Crippen LogP contribution in [-0.4, -0.2) is 5.24 Å². The molecule has 0 N–H and O–H groups in total. The molecule has 15 heavy (non-hydrogen) atoms. The molecule has 2 nitrogen and oxygen atoms in total. The molecule has 2 rings (SSSR count). The summed E-state index contributed by atoms with van der Waals surface area (Å²) in [5, 5.41) is 1.22. The number of hydrogen-bond donors (Lipinski definition) is 0. The molecule has 0 saturated carbocycles. The van der Waals surface area contributed by atoms with Crippen molar-refractivity contribution in [3.8, 4) is 0 Å². The zero-order valence-corrected chi connectivity index (χ0v) is 8.45. The lowest BCUT2D eigenvalue weighted by Crippen LogP contribution is -1.87. The molecule has 0 aromatic heterocycles. The summed E-state index contributed by atoms with van der Waals surface area (Å²) in [5.41, 5.74) is 1.03. The van der Waals surface area contributed by atoms with E-state index in [0.717, 1.165) is 10.8 Å². The van der Waals surface area contributed by atoms with Gasteiger partial charge in [0.1, 0.15) is 0 Å². The third kappa shape index (κ3) is 1.70. The van der Waals surface area contributed by atoms with Crippen LogP contribution >= 0.6 is 11.6 Å². The molecule has 0 spiro atoms. The van der Waals surface area contributed by atoms with Gasteiger partial charge in [-0.1, -0.05) is 30.3 Å². The van der Waals surface area contributed by atoms with E-state index < -0.39 is 5.24 Å². The van der Waals surface area contributed by atoms with Crippen LogP contribution in [0.25, 0.3) is 15.6 Å². The molecule has 0 amide bonds. The van der Waals surface area contributed by atoms with Gasteiger partial charge in [0.2, 0.25) is 0 Å². The maximum atomic E-state index is 10.9. The molecule has 0 atom stereocenters. The lowest BCUT2D eigenvalue weighted by atomic mass is 10.1. The van der Waals surface area contributed by atoms with E-state index in [9.17, 15) is 4.79 Å². The van der Waals surface area contributed by atoms with Crippen LogP contribution < -0.4 is 0 Å². The van der Waals surface area contributed by atoms with Crippen molar-refractivity contribution in [2.45, 2.75) is 0 Å². The Kier molecular flexibility index (Phi) is 2.40. The second-order valence-corrected chi connectivity index (χ2v) is 3.44. The SMILES string of the molecule is [C-]#[N+]c1cccc2cc(C(=O)Cl)ccc12. The van der Waals surface area contributed by atoms with Crippen LogP contribution in [-0.2, 0) is 0 Å². The predicted molar refractivity (Wildman–Crippen MR) is 60.4 cm³/mol. The number of carbonyl (C=O) groups excluding carboxylic acids is 1. The Balaban J connectivity index is 2.76. The Labute approximate surface area is 91.9 Å². The van der Waals surface area contributed by atoms with Gasteiger partial charge in [-0.2, -0.15) is 0 Å². The Hall–Kier alpha value is -1.85. The van der Waals surface area contributed by atoms with Crippen molar-refractivity contribution in [1.29, 1.82) is 0 Å². The summed E-state index contributed by atoms with van der Waals surface area (Å²) in [6, 6.07) is 10.5. The molecule has 0 fully saturated rings. The number of fused-ring (bicyclic) bond motifs is 1. The van der Waals surface area contributed by atoms with Crippen molar-refractivity contribution >= 4 is 33.3 Å². The van der Waals surface area contributed by atoms with E-state index in [1.807, 2.05) is 6.07 Å². The van der Waals surface area contributed by atoms with Crippen molar-refractivity contribution in [2.24, 2.45) is 0 Å². The number of benzene rings is 2. The second kappa shape index (κ2) is 3.72. The predicted octanol–water partition coefficient (Wildman–Crippen LogP) is 3.77. The molecule has 0 aliphatic carbocycles. The quantitative estimate of drug-likeness (QED) is 0.524. The largest absolute Gasteiger partial charge is 0.276 e. The molecule has 2 aromatic carbocycles. The van der Waals surface area contributed by atoms with E-state index in [4.69, 9.17) is 18.2 Å². The van der Waals surface area contributed by atoms with Gasteiger partial charge in [-0.25, -0.2) is 4.85 Å². The van der Waals surface area contributed by atoms with Crippen molar-refractivity contribution < 1.29 is 4.79 Å². The fraction of sp³-hybridized carbons (Fsp3) is 0. The highest BCUT2D eigenvalue weighted by Gasteiger charge is 2.04. The molecular formula is C12H6ClNO. The molecule has 0 aliphatic heterocycles. The molecule has 0 radical (unpaired) electrons. The Morgan fingerprint density at radius 2 is 2.07 bits per heavy atom. The minimum atomic E-state index is -0.481. The highest BCUT2D eigenvalue weighted by atomic mass is 35.5. The van der Waals surface area contributed by atoms with Gasteiger partial charge in [0.05, 0.1) is 6.57 Å². The summed E-state index contributed by atoms with van der Waals surface area (Å²) in [5.74, 6) is 0. The van der Waals surface area contributed by atoms with Gasteiger partial charge in [-0.15, -0.1) is 0 Å². The Morgan fingerprint density at radius 1 is 1.27 bits per heavy atom. The van der Waals surface area contributed by atoms with Gasteiger partial charge >= 0.3 is 0 Å². The zero-order chi connectivity index (χ0) is 10.8. The zero-order valence-electron chi connectivity index (χ0n) is 7.70. The van der Waals surface area contributed by atoms with Crippen LogP contribution in [0.15, 0.2) is 36.4 Å². The van der Waals surface area contributed by atoms with E-state index in [-0.39, 0.29) is 0 Å². The van der Waals surface area contributed by atoms with Crippen molar-refractivity contribution in [3.05, 3.63) is 53.4 Å². The van der Waals surface area contributed by atoms with Gasteiger partial charge in [0.15, 0.2) is 5.69 Å². The van der Waals surface area contributed by atoms with Crippen molar-refractivity contribution in [3.63, 3.8) is 0 Å². The molecule has 2 aromatic rings. The van der Waals surface area contributed by atoms with Gasteiger partial charge in [-0.05, 0) is 28.4 Å². The highest BCUT2D eigenvalue weighted by molar-refractivity contribution is 6.67. The number of carbonyl (C=O) groups is 1. The average Bonchev–Trinajstić information content (AvgIpc) is 2.27. The molecular weight excluding hydrogens is 210 g/mol. The van der Waals surface area contributed by atoms with E-state index in [1.54, 1.807) is 30.3 Å². The number of halogens is 1. The number of hydrogen-bond acceptors (Lipinski definition) is 1. The van der Waals surface area contributed by atoms with Crippen molar-refractivity contribution in [1.82, 2.24) is 0 Å². The Morgan fingerprint density at radius 3 is 2.73 bits per heavy atom. The third-order valence-electron chi connectivity index (χ3n) is 2.20. The first-order valence-corrected chi connectivity index (χ1v) is 4.70. The van der Waals surface area contributed by atoms with E-state index in [2.05, 4.69) is 4.85 Å². The summed E-state index contributed by atoms with van der Waals surface area (Å²) in [7, 11) is 0. The van der Waals surface area contributed by atoms with Crippen LogP contribution in [0.4, 0.5) is 5.69 Å². The monoisotopic (exact) mass is 215 g/mol. The molecule has 0 aliphatic rings. The van der Waals surface area contributed by atoms with Gasteiger partial charge in [0, 0.05) is 5.56 Å². The normalized spacial score (nSPS) is 9.87. The topological polar surface area (TPSA) is 21.4 Å². The first-order chi connectivity index (χ1) is 7.22. The van der Waals surface area contributed by atoms with E-state index >= 15 is 0 Å². The van der Waals surface area contributed by atoms with Crippen LogP contribution in [0.2, 0.25) is 0 Å². The summed E-state index contributed by atoms with van der Waals surface area (Å²) < 4.78 is 0. The minimum absolute atomic E-state index is 0.450. The van der Waals surface area contributed by atoms with Gasteiger partial charge in [0.25, 0.3) is 5.24 Å². The molecule has 72 valence electrons. The lowest BCUT2D eigenvalue weighted by Gasteiger charge is -2.01. The average molecular weight is 216 g/mol. The van der Waals surface area contributed by atoms with Crippen LogP contribution in [0, 0.1) is 6.57 Å². The minimum Gasteiger partial charge on any atom is -0.276 e. The standard InChI is InChI=1S/C12H6ClNO/c1-14-11-4-2-3-8-7-9(12(13)15)5-6-10(8)11/h2-7H. The summed E-state index contributed by atoms with van der Waals surface area (Å²) in [6.45, 7) is 7.00. The Bertz CT molecular complexity index is 584. The van der Waals surface area contributed by atoms with Crippen LogP contribution in [0.3, 0.4) is 0 Å². The summed E-state index contributed by atoms with van der Waals surface area (Å²) in [4.78, 5) is 14.4. The highest BCUT2D eigenvalue weighted by Crippen LogP contribution is 2.26. The third-order valence-corrected chi connectivity index (χ3v) is 2.42. The smallest absolute Gasteiger partial charge is 0.252 e. The maximum absolute atomic E-state index is 10.9. The number of nitrogens with zero attached hydrogens (tertiary/aromatic N) is 1. The second-order valence-electron chi connectivity index (χ2n) is 3.10. The molecule has 3 heteroatoms. The van der Waals surface area contributed by atoms with E-state index in [0.29, 0.717) is 11.3 Å². The van der Waals surface area contributed by atoms with Crippen LogP contribution in [0.1, 0.15) is 10.4 Å². The summed E-state index contributed by atoms with van der Waals surface area (Å²) in [6.07, 6.45) is 0.